The van der Waals surface area contributed by atoms with E-state index in [1.807, 2.05) is 0 Å². The van der Waals surface area contributed by atoms with Crippen LogP contribution in [0.25, 0.3) is 0 Å². The van der Waals surface area contributed by atoms with Crippen LogP contribution in [0.15, 0.2) is 22.3 Å². The lowest BCUT2D eigenvalue weighted by Gasteiger charge is -2.01. The highest BCUT2D eigenvalue weighted by Gasteiger charge is 2.20. The first-order chi connectivity index (χ1) is 7.93. The third kappa shape index (κ3) is 3.30. The highest BCUT2D eigenvalue weighted by Crippen LogP contribution is 2.32. The summed E-state index contributed by atoms with van der Waals surface area (Å²) >= 11 is 11.5. The van der Waals surface area contributed by atoms with Gasteiger partial charge >= 0.3 is 0 Å². The zero-order chi connectivity index (χ0) is 13.0. The Labute approximate surface area is 106 Å². The Morgan fingerprint density at radius 1 is 1.35 bits per heavy atom. The maximum Gasteiger partial charge on any atom is 0.298 e. The average molecular weight is 276 g/mol. The van der Waals surface area contributed by atoms with Gasteiger partial charge in [-0.05, 0) is 12.1 Å². The Balaban J connectivity index is 3.31. The number of guanidine groups is 1. The predicted octanol–water partition coefficient (Wildman–Crippen LogP) is 1.51. The normalized spacial score (nSPS) is 10.5. The third-order valence-corrected chi connectivity index (χ3v) is 2.29. The fourth-order valence-corrected chi connectivity index (χ4v) is 1.45. The molecule has 90 valence electrons. The van der Waals surface area contributed by atoms with Crippen LogP contribution in [0.5, 0.6) is 0 Å². The van der Waals surface area contributed by atoms with Gasteiger partial charge < -0.3 is 11.5 Å². The van der Waals surface area contributed by atoms with Gasteiger partial charge in [0.1, 0.15) is 5.02 Å². The van der Waals surface area contributed by atoms with Crippen molar-refractivity contribution in [1.82, 2.24) is 0 Å². The molecule has 4 N–H and O–H groups in total. The van der Waals surface area contributed by atoms with Crippen molar-refractivity contribution >= 4 is 41.1 Å². The Hall–Kier alpha value is -1.86. The van der Waals surface area contributed by atoms with E-state index in [0.29, 0.717) is 0 Å². The highest BCUT2D eigenvalue weighted by molar-refractivity contribution is 6.37. The van der Waals surface area contributed by atoms with Gasteiger partial charge in [0.15, 0.2) is 0 Å². The molecule has 0 heterocycles. The molecule has 0 unspecified atom stereocenters. The lowest BCUT2D eigenvalue weighted by Crippen LogP contribution is -2.21. The van der Waals surface area contributed by atoms with Crippen LogP contribution in [0.2, 0.25) is 10.0 Å². The van der Waals surface area contributed by atoms with Crippen molar-refractivity contribution in [3.05, 3.63) is 37.9 Å². The lowest BCUT2D eigenvalue weighted by atomic mass is 10.2. The summed E-state index contributed by atoms with van der Waals surface area (Å²) in [6.45, 7) is 0. The summed E-state index contributed by atoms with van der Waals surface area (Å²) in [6, 6.07) is 2.73. The smallest absolute Gasteiger partial charge is 0.298 e. The molecule has 9 heteroatoms. The van der Waals surface area contributed by atoms with E-state index >= 15 is 0 Å². The second-order valence-corrected chi connectivity index (χ2v) is 3.63. The summed E-state index contributed by atoms with van der Waals surface area (Å²) in [5.41, 5.74) is 9.77. The van der Waals surface area contributed by atoms with Crippen LogP contribution in [0.4, 0.5) is 5.69 Å². The van der Waals surface area contributed by atoms with E-state index in [1.165, 1.54) is 12.1 Å². The summed E-state index contributed by atoms with van der Waals surface area (Å²) in [6.07, 6.45) is 1.06. The largest absolute Gasteiger partial charge is 0.369 e. The second-order valence-electron chi connectivity index (χ2n) is 2.82. The highest BCUT2D eigenvalue weighted by atomic mass is 35.5. The summed E-state index contributed by atoms with van der Waals surface area (Å²) in [5, 5.41) is 17.6. The predicted molar refractivity (Wildman–Crippen MR) is 66.5 cm³/mol. The average Bonchev–Trinajstić information content (AvgIpc) is 2.22. The standard InChI is InChI=1S/C8H7Cl2N5O2/c9-5-1-2-6(10)7(15(16)17)4(5)3-13-14-8(11)12/h1-3H,(H4,11,12,14)/b13-3+. The number of benzene rings is 1. The van der Waals surface area contributed by atoms with Crippen LogP contribution in [-0.2, 0) is 0 Å². The molecule has 0 bridgehead atoms. The van der Waals surface area contributed by atoms with E-state index in [1.54, 1.807) is 0 Å². The van der Waals surface area contributed by atoms with Crippen molar-refractivity contribution in [3.8, 4) is 0 Å². The fourth-order valence-electron chi connectivity index (χ4n) is 1.02. The van der Waals surface area contributed by atoms with Crippen LogP contribution in [0, 0.1) is 10.1 Å². The van der Waals surface area contributed by atoms with Gasteiger partial charge in [0.05, 0.1) is 21.7 Å². The monoisotopic (exact) mass is 275 g/mol. The van der Waals surface area contributed by atoms with Crippen LogP contribution >= 0.6 is 23.2 Å². The van der Waals surface area contributed by atoms with Crippen LogP contribution in [0.1, 0.15) is 5.56 Å². The Morgan fingerprint density at radius 2 is 1.94 bits per heavy atom. The molecule has 1 aromatic rings. The first-order valence-electron chi connectivity index (χ1n) is 4.18. The minimum absolute atomic E-state index is 0.0363. The Morgan fingerprint density at radius 3 is 2.47 bits per heavy atom. The summed E-state index contributed by atoms with van der Waals surface area (Å²) in [7, 11) is 0. The minimum atomic E-state index is -0.662. The topological polar surface area (TPSA) is 120 Å². The molecule has 0 aromatic heterocycles. The number of nitro groups is 1. The van der Waals surface area contributed by atoms with E-state index < -0.39 is 4.92 Å². The number of halogens is 2. The molecule has 0 saturated heterocycles. The van der Waals surface area contributed by atoms with E-state index in [2.05, 4.69) is 10.2 Å². The molecular weight excluding hydrogens is 269 g/mol. The molecule has 1 aromatic carbocycles. The first-order valence-corrected chi connectivity index (χ1v) is 4.93. The van der Waals surface area contributed by atoms with Gasteiger partial charge in [0.25, 0.3) is 5.69 Å². The van der Waals surface area contributed by atoms with Crippen molar-refractivity contribution in [3.63, 3.8) is 0 Å². The molecule has 1 rings (SSSR count). The number of hydrogen-bond acceptors (Lipinski definition) is 4. The molecular formula is C8H7Cl2N5O2. The molecule has 0 aliphatic rings. The van der Waals surface area contributed by atoms with Crippen molar-refractivity contribution < 1.29 is 4.92 Å². The molecule has 0 spiro atoms. The molecule has 17 heavy (non-hydrogen) atoms. The molecule has 0 aliphatic carbocycles. The summed E-state index contributed by atoms with van der Waals surface area (Å²) < 4.78 is 0. The molecule has 0 atom stereocenters. The van der Waals surface area contributed by atoms with Gasteiger partial charge in [-0.25, -0.2) is 0 Å². The van der Waals surface area contributed by atoms with E-state index in [-0.39, 0.29) is 27.3 Å². The SMILES string of the molecule is NC(N)=N/N=C/c1c(Cl)ccc(Cl)c1[N+](=O)[O-]. The Kier molecular flexibility index (Phi) is 4.24. The van der Waals surface area contributed by atoms with Gasteiger partial charge in [-0.2, -0.15) is 5.10 Å². The van der Waals surface area contributed by atoms with Crippen LogP contribution < -0.4 is 11.5 Å². The number of hydrogen-bond donors (Lipinski definition) is 2. The number of nitro benzene ring substituents is 1. The van der Waals surface area contributed by atoms with Crippen molar-refractivity contribution in [2.24, 2.45) is 21.7 Å². The summed E-state index contributed by atoms with van der Waals surface area (Å²) in [5.74, 6) is -0.276. The quantitative estimate of drug-likeness (QED) is 0.376. The molecule has 0 amide bonds. The van der Waals surface area contributed by atoms with Gasteiger partial charge in [0.2, 0.25) is 5.96 Å². The van der Waals surface area contributed by atoms with Gasteiger partial charge in [0, 0.05) is 0 Å². The molecule has 7 nitrogen and oxygen atoms in total. The van der Waals surface area contributed by atoms with E-state index in [4.69, 9.17) is 34.7 Å². The van der Waals surface area contributed by atoms with Gasteiger partial charge in [-0.3, -0.25) is 10.1 Å². The minimum Gasteiger partial charge on any atom is -0.369 e. The molecule has 0 radical (unpaired) electrons. The maximum atomic E-state index is 10.8. The van der Waals surface area contributed by atoms with Crippen molar-refractivity contribution in [2.45, 2.75) is 0 Å². The van der Waals surface area contributed by atoms with E-state index in [0.717, 1.165) is 6.21 Å². The third-order valence-electron chi connectivity index (χ3n) is 1.66. The van der Waals surface area contributed by atoms with Gasteiger partial charge in [-0.1, -0.05) is 23.2 Å². The van der Waals surface area contributed by atoms with Crippen LogP contribution in [0.3, 0.4) is 0 Å². The second kappa shape index (κ2) is 5.46. The maximum absolute atomic E-state index is 10.8. The molecule has 0 fully saturated rings. The number of nitrogens with two attached hydrogens (primary N) is 2. The van der Waals surface area contributed by atoms with E-state index in [9.17, 15) is 10.1 Å². The first kappa shape index (κ1) is 13.2. The van der Waals surface area contributed by atoms with Crippen molar-refractivity contribution in [2.75, 3.05) is 0 Å². The zero-order valence-corrected chi connectivity index (χ0v) is 9.81. The number of nitrogens with zero attached hydrogens (tertiary/aromatic N) is 3. The van der Waals surface area contributed by atoms with Gasteiger partial charge in [-0.15, -0.1) is 5.10 Å². The molecule has 0 aliphatic heterocycles. The lowest BCUT2D eigenvalue weighted by molar-refractivity contribution is -0.384. The van der Waals surface area contributed by atoms with Crippen LogP contribution in [-0.4, -0.2) is 17.1 Å². The molecule has 0 saturated carbocycles. The van der Waals surface area contributed by atoms with Crippen molar-refractivity contribution in [1.29, 1.82) is 0 Å². The number of rotatable bonds is 3. The Bertz CT molecular complexity index is 511. The fraction of sp³-hybridized carbons (Fsp3) is 0. The summed E-state index contributed by atoms with van der Waals surface area (Å²) in [4.78, 5) is 10.1. The zero-order valence-electron chi connectivity index (χ0n) is 8.30.